The molecule has 20 heavy (non-hydrogen) atoms. The summed E-state index contributed by atoms with van der Waals surface area (Å²) < 4.78 is 51.0. The summed E-state index contributed by atoms with van der Waals surface area (Å²) >= 11 is 5.70. The molecule has 114 valence electrons. The topological polar surface area (TPSA) is 77.5 Å². The quantitative estimate of drug-likeness (QED) is 0.698. The number of hydrogen-bond donors (Lipinski definition) is 0. The molecule has 0 atom stereocenters. The Morgan fingerprint density at radius 2 is 1.80 bits per heavy atom. The van der Waals surface area contributed by atoms with E-state index in [-0.39, 0.29) is 33.8 Å². The standard InChI is InChI=1S/C11H14Cl2O5S2/c1-2-6-19(14,15)7-5-18-10-4-3-9(12)8-11(10)20(13,16)17/h3-4,8H,2,5-7H2,1H3. The molecule has 0 spiro atoms. The predicted octanol–water partition coefficient (Wildman–Crippen LogP) is 2.47. The van der Waals surface area contributed by atoms with Crippen LogP contribution in [0.15, 0.2) is 23.1 Å². The van der Waals surface area contributed by atoms with Crippen LogP contribution >= 0.6 is 22.3 Å². The SMILES string of the molecule is CCCS(=O)(=O)CCOc1ccc(Cl)cc1S(=O)(=O)Cl. The second-order valence-electron chi connectivity index (χ2n) is 4.03. The fourth-order valence-electron chi connectivity index (χ4n) is 1.48. The van der Waals surface area contributed by atoms with Gasteiger partial charge in [-0.1, -0.05) is 18.5 Å². The fraction of sp³-hybridized carbons (Fsp3) is 0.455. The third-order valence-corrected chi connectivity index (χ3v) is 5.73. The van der Waals surface area contributed by atoms with E-state index in [1.165, 1.54) is 12.1 Å². The number of sulfone groups is 1. The van der Waals surface area contributed by atoms with Crippen molar-refractivity contribution in [3.05, 3.63) is 23.2 Å². The molecule has 9 heteroatoms. The zero-order valence-corrected chi connectivity index (χ0v) is 13.8. The lowest BCUT2D eigenvalue weighted by atomic mass is 10.3. The van der Waals surface area contributed by atoms with Crippen molar-refractivity contribution >= 4 is 41.2 Å². The van der Waals surface area contributed by atoms with Gasteiger partial charge in [0.25, 0.3) is 9.05 Å². The largest absolute Gasteiger partial charge is 0.491 e. The van der Waals surface area contributed by atoms with Gasteiger partial charge in [0.15, 0.2) is 9.84 Å². The Bertz CT molecular complexity index is 668. The van der Waals surface area contributed by atoms with Gasteiger partial charge in [0.1, 0.15) is 17.3 Å². The summed E-state index contributed by atoms with van der Waals surface area (Å²) in [5.41, 5.74) is 0. The molecule has 0 N–H and O–H groups in total. The molecule has 0 aliphatic heterocycles. The lowest BCUT2D eigenvalue weighted by Crippen LogP contribution is -2.17. The molecular formula is C11H14Cl2O5S2. The maximum atomic E-state index is 11.5. The summed E-state index contributed by atoms with van der Waals surface area (Å²) in [6.07, 6.45) is 0.518. The first kappa shape index (κ1) is 17.6. The van der Waals surface area contributed by atoms with Gasteiger partial charge in [0.2, 0.25) is 0 Å². The average molecular weight is 361 g/mol. The van der Waals surface area contributed by atoms with Gasteiger partial charge in [0.05, 0.1) is 11.5 Å². The van der Waals surface area contributed by atoms with Crippen LogP contribution in [0.1, 0.15) is 13.3 Å². The van der Waals surface area contributed by atoms with Gasteiger partial charge in [-0.3, -0.25) is 0 Å². The molecule has 1 rings (SSSR count). The molecule has 5 nitrogen and oxygen atoms in total. The smallest absolute Gasteiger partial charge is 0.265 e. The lowest BCUT2D eigenvalue weighted by molar-refractivity contribution is 0.332. The van der Waals surface area contributed by atoms with Crippen LogP contribution in [0.5, 0.6) is 5.75 Å². The van der Waals surface area contributed by atoms with Gasteiger partial charge in [0, 0.05) is 15.7 Å². The Labute approximate surface area is 128 Å². The minimum Gasteiger partial charge on any atom is -0.491 e. The molecule has 0 unspecified atom stereocenters. The Morgan fingerprint density at radius 1 is 1.15 bits per heavy atom. The summed E-state index contributed by atoms with van der Waals surface area (Å²) in [4.78, 5) is -0.278. The first-order chi connectivity index (χ1) is 9.15. The van der Waals surface area contributed by atoms with Crippen molar-refractivity contribution in [3.63, 3.8) is 0 Å². The first-order valence-corrected chi connectivity index (χ1v) is 10.2. The second kappa shape index (κ2) is 6.98. The summed E-state index contributed by atoms with van der Waals surface area (Å²) in [5, 5.41) is 0.190. The van der Waals surface area contributed by atoms with Crippen molar-refractivity contribution in [1.29, 1.82) is 0 Å². The third kappa shape index (κ3) is 5.47. The molecule has 0 saturated carbocycles. The van der Waals surface area contributed by atoms with Gasteiger partial charge >= 0.3 is 0 Å². The highest BCUT2D eigenvalue weighted by atomic mass is 35.7. The number of ether oxygens (including phenoxy) is 1. The second-order valence-corrected chi connectivity index (χ2v) is 9.30. The highest BCUT2D eigenvalue weighted by Gasteiger charge is 2.18. The average Bonchev–Trinajstić information content (AvgIpc) is 2.29. The Balaban J connectivity index is 2.84. The maximum absolute atomic E-state index is 11.5. The van der Waals surface area contributed by atoms with Crippen LogP contribution in [-0.4, -0.2) is 34.9 Å². The zero-order chi connectivity index (χ0) is 15.4. The van der Waals surface area contributed by atoms with E-state index in [0.29, 0.717) is 6.42 Å². The molecule has 0 amide bonds. The lowest BCUT2D eigenvalue weighted by Gasteiger charge is -2.10. The van der Waals surface area contributed by atoms with E-state index in [1.54, 1.807) is 6.92 Å². The molecule has 0 aliphatic rings. The molecule has 0 bridgehead atoms. The van der Waals surface area contributed by atoms with Crippen molar-refractivity contribution in [2.45, 2.75) is 18.2 Å². The fourth-order valence-corrected chi connectivity index (χ4v) is 3.88. The first-order valence-electron chi connectivity index (χ1n) is 5.73. The van der Waals surface area contributed by atoms with E-state index in [0.717, 1.165) is 6.07 Å². The van der Waals surface area contributed by atoms with Crippen LogP contribution in [0, 0.1) is 0 Å². The van der Waals surface area contributed by atoms with Crippen molar-refractivity contribution < 1.29 is 21.6 Å². The van der Waals surface area contributed by atoms with Crippen LogP contribution < -0.4 is 4.74 Å². The summed E-state index contributed by atoms with van der Waals surface area (Å²) in [7, 11) is -1.94. The summed E-state index contributed by atoms with van der Waals surface area (Å²) in [6, 6.07) is 3.92. The van der Waals surface area contributed by atoms with Crippen LogP contribution in [0.25, 0.3) is 0 Å². The molecule has 0 aromatic heterocycles. The molecular weight excluding hydrogens is 347 g/mol. The predicted molar refractivity (Wildman–Crippen MR) is 78.9 cm³/mol. The number of benzene rings is 1. The van der Waals surface area contributed by atoms with Gasteiger partial charge in [-0.2, -0.15) is 0 Å². The normalized spacial score (nSPS) is 12.3. The number of halogens is 2. The highest BCUT2D eigenvalue weighted by molar-refractivity contribution is 8.13. The molecule has 0 heterocycles. The maximum Gasteiger partial charge on any atom is 0.265 e. The van der Waals surface area contributed by atoms with Gasteiger partial charge in [-0.15, -0.1) is 0 Å². The zero-order valence-electron chi connectivity index (χ0n) is 10.7. The minimum absolute atomic E-state index is 0.0175. The van der Waals surface area contributed by atoms with Crippen molar-refractivity contribution in [2.24, 2.45) is 0 Å². The molecule has 0 radical (unpaired) electrons. The molecule has 0 saturated heterocycles. The molecule has 1 aromatic rings. The van der Waals surface area contributed by atoms with E-state index in [1.807, 2.05) is 0 Å². The van der Waals surface area contributed by atoms with Crippen LogP contribution in [0.3, 0.4) is 0 Å². The van der Waals surface area contributed by atoms with Gasteiger partial charge < -0.3 is 4.74 Å². The van der Waals surface area contributed by atoms with Crippen molar-refractivity contribution in [2.75, 3.05) is 18.1 Å². The van der Waals surface area contributed by atoms with E-state index in [2.05, 4.69) is 0 Å². The Kier molecular flexibility index (Phi) is 6.12. The monoisotopic (exact) mass is 360 g/mol. The Hall–Kier alpha value is -0.500. The van der Waals surface area contributed by atoms with Crippen LogP contribution in [0.2, 0.25) is 5.02 Å². The Morgan fingerprint density at radius 3 is 2.35 bits per heavy atom. The van der Waals surface area contributed by atoms with E-state index in [9.17, 15) is 16.8 Å². The summed E-state index contributed by atoms with van der Waals surface area (Å²) in [5.74, 6) is -0.140. The minimum atomic E-state index is -4.02. The number of hydrogen-bond acceptors (Lipinski definition) is 5. The third-order valence-electron chi connectivity index (χ3n) is 2.34. The number of rotatable bonds is 7. The highest BCUT2D eigenvalue weighted by Crippen LogP contribution is 2.29. The molecule has 0 fully saturated rings. The van der Waals surface area contributed by atoms with Crippen LogP contribution in [-0.2, 0) is 18.9 Å². The van der Waals surface area contributed by atoms with Gasteiger partial charge in [-0.05, 0) is 24.6 Å². The van der Waals surface area contributed by atoms with Crippen molar-refractivity contribution in [3.8, 4) is 5.75 Å². The van der Waals surface area contributed by atoms with Crippen molar-refractivity contribution in [1.82, 2.24) is 0 Å². The van der Waals surface area contributed by atoms with E-state index < -0.39 is 18.9 Å². The molecule has 1 aromatic carbocycles. The van der Waals surface area contributed by atoms with Gasteiger partial charge in [-0.25, -0.2) is 16.8 Å². The van der Waals surface area contributed by atoms with E-state index >= 15 is 0 Å². The van der Waals surface area contributed by atoms with Crippen LogP contribution in [0.4, 0.5) is 0 Å². The van der Waals surface area contributed by atoms with E-state index in [4.69, 9.17) is 27.0 Å². The molecule has 0 aliphatic carbocycles. The summed E-state index contributed by atoms with van der Waals surface area (Å²) in [6.45, 7) is 1.61.